The number of amides is 2. The number of aromatic nitrogens is 1. The van der Waals surface area contributed by atoms with Crippen molar-refractivity contribution in [2.45, 2.75) is 19.3 Å². The molecule has 0 saturated carbocycles. The molecule has 2 aliphatic rings. The third-order valence-electron chi connectivity index (χ3n) is 2.94. The highest BCUT2D eigenvalue weighted by molar-refractivity contribution is 6.22. The molecule has 2 heterocycles. The van der Waals surface area contributed by atoms with E-state index in [1.54, 1.807) is 0 Å². The third-order valence-corrected chi connectivity index (χ3v) is 2.94. The molecule has 0 unspecified atom stereocenters. The van der Waals surface area contributed by atoms with Crippen molar-refractivity contribution < 1.29 is 9.59 Å². The molecule has 0 saturated heterocycles. The van der Waals surface area contributed by atoms with Gasteiger partial charge in [-0.3, -0.25) is 19.7 Å². The molecule has 0 bridgehead atoms. The molecule has 2 amide bonds. The number of rotatable bonds is 0. The van der Waals surface area contributed by atoms with Crippen molar-refractivity contribution in [3.05, 3.63) is 32.7 Å². The zero-order chi connectivity index (χ0) is 10.6. The van der Waals surface area contributed by atoms with E-state index in [2.05, 4.69) is 10.3 Å². The van der Waals surface area contributed by atoms with E-state index in [4.69, 9.17) is 0 Å². The molecule has 0 aromatic carbocycles. The van der Waals surface area contributed by atoms with Crippen molar-refractivity contribution in [3.8, 4) is 0 Å². The van der Waals surface area contributed by atoms with Crippen molar-refractivity contribution in [2.24, 2.45) is 0 Å². The summed E-state index contributed by atoms with van der Waals surface area (Å²) in [6, 6.07) is 0. The number of imide groups is 1. The van der Waals surface area contributed by atoms with Gasteiger partial charge in [-0.25, -0.2) is 0 Å². The summed E-state index contributed by atoms with van der Waals surface area (Å²) in [4.78, 5) is 37.1. The maximum absolute atomic E-state index is 11.6. The maximum atomic E-state index is 11.6. The van der Waals surface area contributed by atoms with Crippen LogP contribution in [0.25, 0.3) is 0 Å². The molecule has 76 valence electrons. The molecule has 15 heavy (non-hydrogen) atoms. The number of carbonyl (C=O) groups excluding carboxylic acids is 2. The van der Waals surface area contributed by atoms with Gasteiger partial charge in [0, 0.05) is 5.69 Å². The molecule has 1 aromatic heterocycles. The first-order valence-electron chi connectivity index (χ1n) is 4.82. The van der Waals surface area contributed by atoms with Crippen molar-refractivity contribution in [1.82, 2.24) is 10.3 Å². The minimum atomic E-state index is -0.578. The van der Waals surface area contributed by atoms with Gasteiger partial charge in [0.15, 0.2) is 0 Å². The first kappa shape index (κ1) is 8.40. The molecule has 1 aliphatic carbocycles. The number of pyridine rings is 1. The fourth-order valence-electron chi connectivity index (χ4n) is 2.32. The molecule has 5 nitrogen and oxygen atoms in total. The van der Waals surface area contributed by atoms with Gasteiger partial charge in [0.25, 0.3) is 17.4 Å². The lowest BCUT2D eigenvalue weighted by Crippen LogP contribution is -2.23. The van der Waals surface area contributed by atoms with Gasteiger partial charge in [-0.05, 0) is 24.8 Å². The van der Waals surface area contributed by atoms with Crippen LogP contribution in [-0.2, 0) is 12.8 Å². The Bertz CT molecular complexity index is 557. The number of carbonyl (C=O) groups is 2. The highest BCUT2D eigenvalue weighted by Crippen LogP contribution is 2.26. The minimum Gasteiger partial charge on any atom is -0.325 e. The molecular weight excluding hydrogens is 196 g/mol. The number of nitrogens with one attached hydrogen (secondary N) is 2. The van der Waals surface area contributed by atoms with E-state index < -0.39 is 17.4 Å². The SMILES string of the molecule is O=C1NC(=O)c2c1c1c([nH]c2=O)CCC1. The Morgan fingerprint density at radius 3 is 2.47 bits per heavy atom. The van der Waals surface area contributed by atoms with Gasteiger partial charge < -0.3 is 4.98 Å². The quantitative estimate of drug-likeness (QED) is 0.572. The molecular formula is C10H8N2O3. The lowest BCUT2D eigenvalue weighted by Gasteiger charge is -2.02. The zero-order valence-corrected chi connectivity index (χ0v) is 7.85. The first-order chi connectivity index (χ1) is 7.18. The van der Waals surface area contributed by atoms with E-state index in [0.29, 0.717) is 5.56 Å². The predicted octanol–water partition coefficient (Wildman–Crippen LogP) is -0.253. The van der Waals surface area contributed by atoms with Crippen molar-refractivity contribution >= 4 is 11.8 Å². The highest BCUT2D eigenvalue weighted by Gasteiger charge is 2.35. The van der Waals surface area contributed by atoms with Gasteiger partial charge in [-0.15, -0.1) is 0 Å². The van der Waals surface area contributed by atoms with Crippen LogP contribution in [0.3, 0.4) is 0 Å². The van der Waals surface area contributed by atoms with Crippen molar-refractivity contribution in [1.29, 1.82) is 0 Å². The molecule has 0 atom stereocenters. The van der Waals surface area contributed by atoms with Crippen LogP contribution >= 0.6 is 0 Å². The second kappa shape index (κ2) is 2.56. The molecule has 3 rings (SSSR count). The van der Waals surface area contributed by atoms with Crippen LogP contribution in [0.2, 0.25) is 0 Å². The van der Waals surface area contributed by atoms with Crippen LogP contribution in [0, 0.1) is 0 Å². The number of hydrogen-bond acceptors (Lipinski definition) is 3. The maximum Gasteiger partial charge on any atom is 0.264 e. The van der Waals surface area contributed by atoms with Gasteiger partial charge >= 0.3 is 0 Å². The normalized spacial score (nSPS) is 17.6. The van der Waals surface area contributed by atoms with Crippen molar-refractivity contribution in [2.75, 3.05) is 0 Å². The largest absolute Gasteiger partial charge is 0.325 e. The Morgan fingerprint density at radius 1 is 0.933 bits per heavy atom. The Labute approximate surface area is 84.5 Å². The fourth-order valence-corrected chi connectivity index (χ4v) is 2.32. The molecule has 0 fully saturated rings. The molecule has 1 aliphatic heterocycles. The van der Waals surface area contributed by atoms with Gasteiger partial charge in [-0.2, -0.15) is 0 Å². The summed E-state index contributed by atoms with van der Waals surface area (Å²) in [5, 5.41) is 2.15. The van der Waals surface area contributed by atoms with Crippen LogP contribution < -0.4 is 10.9 Å². The lowest BCUT2D eigenvalue weighted by atomic mass is 10.0. The Kier molecular flexibility index (Phi) is 1.44. The van der Waals surface area contributed by atoms with Crippen molar-refractivity contribution in [3.63, 3.8) is 0 Å². The van der Waals surface area contributed by atoms with Gasteiger partial charge in [-0.1, -0.05) is 0 Å². The molecule has 0 spiro atoms. The Hall–Kier alpha value is -1.91. The van der Waals surface area contributed by atoms with Gasteiger partial charge in [0.05, 0.1) is 5.56 Å². The lowest BCUT2D eigenvalue weighted by molar-refractivity contribution is 0.0879. The third kappa shape index (κ3) is 0.945. The summed E-state index contributed by atoms with van der Waals surface area (Å²) in [5.41, 5.74) is 1.49. The summed E-state index contributed by atoms with van der Waals surface area (Å²) in [7, 11) is 0. The van der Waals surface area contributed by atoms with E-state index in [1.807, 2.05) is 0 Å². The molecule has 5 heteroatoms. The number of aryl methyl sites for hydroxylation is 1. The smallest absolute Gasteiger partial charge is 0.264 e. The molecule has 2 N–H and O–H groups in total. The first-order valence-corrected chi connectivity index (χ1v) is 4.82. The number of aromatic amines is 1. The standard InChI is InChI=1S/C10H8N2O3/c13-8-6-4-2-1-3-5(4)11-9(14)7(6)10(15)12-8/h1-3H2,(H,11,14)(H,12,13,15). The van der Waals surface area contributed by atoms with E-state index >= 15 is 0 Å². The van der Waals surface area contributed by atoms with Gasteiger partial charge in [0.1, 0.15) is 5.56 Å². The minimum absolute atomic E-state index is 0.0133. The van der Waals surface area contributed by atoms with E-state index in [-0.39, 0.29) is 5.56 Å². The summed E-state index contributed by atoms with van der Waals surface area (Å²) >= 11 is 0. The summed E-state index contributed by atoms with van der Waals surface area (Å²) in [6.07, 6.45) is 2.46. The van der Waals surface area contributed by atoms with Crippen LogP contribution in [0.1, 0.15) is 38.4 Å². The monoisotopic (exact) mass is 204 g/mol. The predicted molar refractivity (Wildman–Crippen MR) is 50.9 cm³/mol. The number of fused-ring (bicyclic) bond motifs is 3. The highest BCUT2D eigenvalue weighted by atomic mass is 16.2. The van der Waals surface area contributed by atoms with Gasteiger partial charge in [0.2, 0.25) is 0 Å². The Balaban J connectivity index is 2.44. The Morgan fingerprint density at radius 2 is 1.67 bits per heavy atom. The van der Waals surface area contributed by atoms with E-state index in [0.717, 1.165) is 30.5 Å². The van der Waals surface area contributed by atoms with Crippen LogP contribution in [0.15, 0.2) is 4.79 Å². The molecule has 0 radical (unpaired) electrons. The molecule has 1 aromatic rings. The topological polar surface area (TPSA) is 79.0 Å². The number of H-pyrrole nitrogens is 1. The second-order valence-corrected chi connectivity index (χ2v) is 3.80. The number of hydrogen-bond donors (Lipinski definition) is 2. The summed E-state index contributed by atoms with van der Waals surface area (Å²) < 4.78 is 0. The average Bonchev–Trinajstić information content (AvgIpc) is 2.71. The fraction of sp³-hybridized carbons (Fsp3) is 0.300. The van der Waals surface area contributed by atoms with Crippen LogP contribution in [-0.4, -0.2) is 16.8 Å². The van der Waals surface area contributed by atoms with Crippen LogP contribution in [0.4, 0.5) is 0 Å². The van der Waals surface area contributed by atoms with E-state index in [9.17, 15) is 14.4 Å². The second-order valence-electron chi connectivity index (χ2n) is 3.80. The summed E-state index contributed by atoms with van der Waals surface area (Å²) in [6.45, 7) is 0. The van der Waals surface area contributed by atoms with Crippen LogP contribution in [0.5, 0.6) is 0 Å². The zero-order valence-electron chi connectivity index (χ0n) is 7.85. The van der Waals surface area contributed by atoms with E-state index in [1.165, 1.54) is 0 Å². The average molecular weight is 204 g/mol. The summed E-state index contributed by atoms with van der Waals surface area (Å²) in [5.74, 6) is -1.01.